The van der Waals surface area contributed by atoms with Crippen LogP contribution in [0.25, 0.3) is 0 Å². The summed E-state index contributed by atoms with van der Waals surface area (Å²) >= 11 is 0. The highest BCUT2D eigenvalue weighted by atomic mass is 16.2. The van der Waals surface area contributed by atoms with Crippen LogP contribution in [-0.2, 0) is 19.0 Å². The van der Waals surface area contributed by atoms with E-state index in [2.05, 4.69) is 32.1 Å². The van der Waals surface area contributed by atoms with Gasteiger partial charge in [-0.05, 0) is 62.8 Å². The van der Waals surface area contributed by atoms with E-state index in [1.807, 2.05) is 19.4 Å². The van der Waals surface area contributed by atoms with Crippen LogP contribution in [0.5, 0.6) is 0 Å². The predicted molar refractivity (Wildman–Crippen MR) is 100 cm³/mol. The van der Waals surface area contributed by atoms with Crippen LogP contribution in [0.3, 0.4) is 0 Å². The molecular weight excluding hydrogens is 340 g/mol. The minimum absolute atomic E-state index is 0.0167. The van der Waals surface area contributed by atoms with Gasteiger partial charge in [-0.2, -0.15) is 10.2 Å². The lowest BCUT2D eigenvalue weighted by atomic mass is 9.50. The minimum atomic E-state index is -0.123. The molecule has 2 aromatic heterocycles. The fraction of sp³-hybridized carbons (Fsp3) is 0.700. The van der Waals surface area contributed by atoms with E-state index in [0.29, 0.717) is 17.5 Å². The first kappa shape index (κ1) is 17.0. The Labute approximate surface area is 159 Å². The molecule has 2 atom stereocenters. The van der Waals surface area contributed by atoms with Crippen LogP contribution >= 0.6 is 0 Å². The topological polar surface area (TPSA) is 77.6 Å². The molecule has 6 rings (SSSR count). The molecule has 4 saturated carbocycles. The number of rotatable bonds is 5. The number of carbonyl (C=O) groups excluding carboxylic acids is 1. The Bertz CT molecular complexity index is 840. The highest BCUT2D eigenvalue weighted by Gasteiger charge is 2.59. The van der Waals surface area contributed by atoms with Crippen LogP contribution in [0.15, 0.2) is 18.7 Å². The number of hydrogen-bond acceptors (Lipinski definition) is 4. The molecule has 4 aliphatic carbocycles. The second-order valence-electron chi connectivity index (χ2n) is 9.15. The van der Waals surface area contributed by atoms with Gasteiger partial charge in [-0.3, -0.25) is 9.48 Å². The van der Waals surface area contributed by atoms with Gasteiger partial charge in [-0.1, -0.05) is 13.3 Å². The second-order valence-corrected chi connectivity index (χ2v) is 9.15. The molecule has 4 bridgehead atoms. The molecule has 4 fully saturated rings. The van der Waals surface area contributed by atoms with Gasteiger partial charge in [0.1, 0.15) is 18.3 Å². The molecule has 2 unspecified atom stereocenters. The zero-order valence-corrected chi connectivity index (χ0v) is 16.2. The number of nitrogens with zero attached hydrogens (tertiary/aromatic N) is 5. The summed E-state index contributed by atoms with van der Waals surface area (Å²) in [7, 11) is 1.87. The Hall–Kier alpha value is -2.18. The quantitative estimate of drug-likeness (QED) is 0.879. The van der Waals surface area contributed by atoms with Gasteiger partial charge in [-0.15, -0.1) is 0 Å². The van der Waals surface area contributed by atoms with E-state index in [1.165, 1.54) is 6.42 Å². The summed E-state index contributed by atoms with van der Waals surface area (Å²) in [5.41, 5.74) is 1.56. The van der Waals surface area contributed by atoms with E-state index in [4.69, 9.17) is 0 Å². The first-order valence-corrected chi connectivity index (χ1v) is 10.2. The highest BCUT2D eigenvalue weighted by Crippen LogP contribution is 2.60. The van der Waals surface area contributed by atoms with E-state index in [9.17, 15) is 4.79 Å². The third kappa shape index (κ3) is 2.70. The van der Waals surface area contributed by atoms with Gasteiger partial charge in [0.15, 0.2) is 0 Å². The molecule has 0 aromatic carbocycles. The molecule has 2 aromatic rings. The molecule has 0 saturated heterocycles. The zero-order valence-electron chi connectivity index (χ0n) is 16.2. The van der Waals surface area contributed by atoms with Crippen molar-refractivity contribution < 1.29 is 4.79 Å². The summed E-state index contributed by atoms with van der Waals surface area (Å²) in [6.45, 7) is 2.13. The van der Waals surface area contributed by atoms with E-state index >= 15 is 0 Å². The van der Waals surface area contributed by atoms with E-state index < -0.39 is 0 Å². The largest absolute Gasteiger partial charge is 0.345 e. The summed E-state index contributed by atoms with van der Waals surface area (Å²) in [5, 5.41) is 12.5. The maximum absolute atomic E-state index is 13.2. The smallest absolute Gasteiger partial charge is 0.269 e. The number of aromatic nitrogens is 5. The summed E-state index contributed by atoms with van der Waals surface area (Å²) in [6, 6.07) is 1.95. The molecule has 7 nitrogen and oxygen atoms in total. The van der Waals surface area contributed by atoms with Crippen LogP contribution in [-0.4, -0.2) is 36.0 Å². The maximum Gasteiger partial charge on any atom is 0.269 e. The molecule has 27 heavy (non-hydrogen) atoms. The number of aryl methyl sites for hydroxylation is 2. The molecule has 2 heterocycles. The van der Waals surface area contributed by atoms with Gasteiger partial charge in [-0.25, -0.2) is 9.67 Å². The zero-order chi connectivity index (χ0) is 18.6. The molecular formula is C20H28N6O. The minimum Gasteiger partial charge on any atom is -0.345 e. The first-order chi connectivity index (χ1) is 13.0. The second kappa shape index (κ2) is 5.91. The van der Waals surface area contributed by atoms with E-state index in [0.717, 1.165) is 50.6 Å². The molecule has 0 aliphatic heterocycles. The predicted octanol–water partition coefficient (Wildman–Crippen LogP) is 2.44. The van der Waals surface area contributed by atoms with Crippen LogP contribution in [0.2, 0.25) is 0 Å². The van der Waals surface area contributed by atoms with Crippen molar-refractivity contribution in [2.45, 2.75) is 69.4 Å². The Kier molecular flexibility index (Phi) is 3.71. The monoisotopic (exact) mass is 368 g/mol. The van der Waals surface area contributed by atoms with Crippen LogP contribution in [0.4, 0.5) is 0 Å². The lowest BCUT2D eigenvalue weighted by molar-refractivity contribution is -0.0745. The van der Waals surface area contributed by atoms with Crippen molar-refractivity contribution in [3.05, 3.63) is 30.1 Å². The van der Waals surface area contributed by atoms with Gasteiger partial charge in [0, 0.05) is 12.6 Å². The third-order valence-corrected chi connectivity index (χ3v) is 6.98. The van der Waals surface area contributed by atoms with Crippen LogP contribution in [0.1, 0.15) is 68.1 Å². The summed E-state index contributed by atoms with van der Waals surface area (Å²) < 4.78 is 3.81. The summed E-state index contributed by atoms with van der Waals surface area (Å²) in [6.07, 6.45) is 12.2. The fourth-order valence-electron chi connectivity index (χ4n) is 6.50. The van der Waals surface area contributed by atoms with Crippen molar-refractivity contribution in [1.29, 1.82) is 0 Å². The van der Waals surface area contributed by atoms with Crippen molar-refractivity contribution in [2.75, 3.05) is 0 Å². The van der Waals surface area contributed by atoms with Crippen molar-refractivity contribution in [1.82, 2.24) is 29.9 Å². The van der Waals surface area contributed by atoms with Crippen LogP contribution in [0, 0.1) is 11.8 Å². The summed E-state index contributed by atoms with van der Waals surface area (Å²) in [4.78, 5) is 17.3. The van der Waals surface area contributed by atoms with Gasteiger partial charge < -0.3 is 5.32 Å². The Morgan fingerprint density at radius 3 is 2.74 bits per heavy atom. The highest BCUT2D eigenvalue weighted by molar-refractivity contribution is 5.93. The number of amides is 1. The number of carbonyl (C=O) groups is 1. The molecule has 1 amide bonds. The van der Waals surface area contributed by atoms with Crippen molar-refractivity contribution in [3.63, 3.8) is 0 Å². The lowest BCUT2D eigenvalue weighted by Gasteiger charge is -2.61. The van der Waals surface area contributed by atoms with E-state index in [1.54, 1.807) is 11.0 Å². The molecule has 7 heteroatoms. The summed E-state index contributed by atoms with van der Waals surface area (Å²) in [5.74, 6) is 1.35. The molecule has 144 valence electrons. The first-order valence-electron chi connectivity index (χ1n) is 10.2. The molecule has 0 radical (unpaired) electrons. The van der Waals surface area contributed by atoms with Gasteiger partial charge in [0.25, 0.3) is 5.91 Å². The van der Waals surface area contributed by atoms with E-state index in [-0.39, 0.29) is 17.0 Å². The number of nitrogens with one attached hydrogen (secondary N) is 1. The standard InChI is InChI=1S/C20H28N6O/c1-3-4-16-6-17(25(2)24-16)18(27)23-19-7-14-5-15(8-19)10-20(9-14,11-19)26-13-21-12-22-26/h6,12-15H,3-5,7-11H2,1-2H3,(H,23,27). The average Bonchev–Trinajstić information content (AvgIpc) is 3.24. The maximum atomic E-state index is 13.2. The third-order valence-electron chi connectivity index (χ3n) is 6.98. The molecule has 4 aliphatic rings. The number of hydrogen-bond donors (Lipinski definition) is 1. The van der Waals surface area contributed by atoms with Gasteiger partial charge in [0.05, 0.1) is 11.2 Å². The normalized spacial score (nSPS) is 34.1. The Balaban J connectivity index is 1.42. The lowest BCUT2D eigenvalue weighted by Crippen LogP contribution is -2.66. The average molecular weight is 368 g/mol. The van der Waals surface area contributed by atoms with Crippen molar-refractivity contribution >= 4 is 5.91 Å². The van der Waals surface area contributed by atoms with Crippen LogP contribution < -0.4 is 5.32 Å². The van der Waals surface area contributed by atoms with Gasteiger partial charge in [0.2, 0.25) is 0 Å². The fourth-order valence-corrected chi connectivity index (χ4v) is 6.50. The Morgan fingerprint density at radius 1 is 1.30 bits per heavy atom. The molecule has 1 N–H and O–H groups in total. The SMILES string of the molecule is CCCc1cc(C(=O)NC23CC4CC(C2)CC(n2cncn2)(C4)C3)n(C)n1. The van der Waals surface area contributed by atoms with Crippen molar-refractivity contribution in [2.24, 2.45) is 18.9 Å². The van der Waals surface area contributed by atoms with Gasteiger partial charge >= 0.3 is 0 Å². The molecule has 0 spiro atoms. The van der Waals surface area contributed by atoms with Crippen molar-refractivity contribution in [3.8, 4) is 0 Å². The Morgan fingerprint density at radius 2 is 2.07 bits per heavy atom.